The van der Waals surface area contributed by atoms with E-state index in [0.29, 0.717) is 5.82 Å². The first-order chi connectivity index (χ1) is 8.86. The van der Waals surface area contributed by atoms with E-state index in [1.807, 2.05) is 18.2 Å². The van der Waals surface area contributed by atoms with Crippen molar-refractivity contribution < 1.29 is 0 Å². The lowest BCUT2D eigenvalue weighted by Crippen LogP contribution is -1.89. The fourth-order valence-corrected chi connectivity index (χ4v) is 1.81. The first-order valence-corrected chi connectivity index (χ1v) is 5.37. The zero-order chi connectivity index (χ0) is 12.4. The molecule has 0 aliphatic rings. The van der Waals surface area contributed by atoms with Crippen molar-refractivity contribution in [3.05, 3.63) is 43.0 Å². The second kappa shape index (κ2) is 4.25. The van der Waals surface area contributed by atoms with Gasteiger partial charge in [-0.3, -0.25) is 10.1 Å². The van der Waals surface area contributed by atoms with Crippen molar-refractivity contribution in [1.29, 1.82) is 0 Å². The Hall–Kier alpha value is -2.76. The maximum absolute atomic E-state index is 5.90. The average Bonchev–Trinajstić information content (AvgIpc) is 2.83. The topological polar surface area (TPSA) is 93.4 Å². The number of anilines is 1. The predicted octanol–water partition coefficient (Wildman–Crippen LogP) is 1.51. The maximum Gasteiger partial charge on any atom is 0.153 e. The molecule has 0 aromatic carbocycles. The molecule has 0 atom stereocenters. The molecule has 0 fully saturated rings. The Morgan fingerprint density at radius 1 is 1.00 bits per heavy atom. The highest BCUT2D eigenvalue weighted by Gasteiger charge is 2.14. The Labute approximate surface area is 103 Å². The van der Waals surface area contributed by atoms with Crippen molar-refractivity contribution in [1.82, 2.24) is 25.4 Å². The number of hydrogen-bond acceptors (Lipinski definition) is 5. The molecule has 0 amide bonds. The van der Waals surface area contributed by atoms with E-state index < -0.39 is 0 Å². The summed E-state index contributed by atoms with van der Waals surface area (Å²) in [5.74, 6) is 0.440. The molecule has 88 valence electrons. The number of pyridine rings is 1. The second-order valence-electron chi connectivity index (χ2n) is 3.73. The minimum absolute atomic E-state index is 0.440. The summed E-state index contributed by atoms with van der Waals surface area (Å²) in [7, 11) is 0. The number of H-pyrrole nitrogens is 1. The molecule has 0 saturated carbocycles. The molecule has 6 nitrogen and oxygen atoms in total. The van der Waals surface area contributed by atoms with Gasteiger partial charge in [0.1, 0.15) is 0 Å². The summed E-state index contributed by atoms with van der Waals surface area (Å²) in [5, 5.41) is 14.6. The van der Waals surface area contributed by atoms with Crippen LogP contribution in [0.5, 0.6) is 0 Å². The lowest BCUT2D eigenvalue weighted by molar-refractivity contribution is 1.03. The minimum Gasteiger partial charge on any atom is -0.382 e. The van der Waals surface area contributed by atoms with Gasteiger partial charge in [0.25, 0.3) is 0 Å². The fourth-order valence-electron chi connectivity index (χ4n) is 1.81. The SMILES string of the molecule is Nc1n[nH]c(-c2ccnnc2)c1-c1cccnc1. The van der Waals surface area contributed by atoms with Crippen molar-refractivity contribution >= 4 is 5.82 Å². The van der Waals surface area contributed by atoms with Crippen molar-refractivity contribution in [3.8, 4) is 22.4 Å². The van der Waals surface area contributed by atoms with Gasteiger partial charge in [0.05, 0.1) is 23.7 Å². The molecule has 0 aliphatic heterocycles. The van der Waals surface area contributed by atoms with Crippen LogP contribution >= 0.6 is 0 Å². The molecule has 18 heavy (non-hydrogen) atoms. The number of nitrogens with zero attached hydrogens (tertiary/aromatic N) is 4. The van der Waals surface area contributed by atoms with E-state index in [1.54, 1.807) is 24.8 Å². The summed E-state index contributed by atoms with van der Waals surface area (Å²) < 4.78 is 0. The summed E-state index contributed by atoms with van der Waals surface area (Å²) in [6.07, 6.45) is 6.75. The molecule has 0 radical (unpaired) electrons. The van der Waals surface area contributed by atoms with Gasteiger partial charge in [-0.15, -0.1) is 0 Å². The molecule has 0 aliphatic carbocycles. The van der Waals surface area contributed by atoms with Crippen LogP contribution in [-0.4, -0.2) is 25.4 Å². The van der Waals surface area contributed by atoms with E-state index in [2.05, 4.69) is 25.4 Å². The van der Waals surface area contributed by atoms with Gasteiger partial charge in [-0.05, 0) is 12.1 Å². The van der Waals surface area contributed by atoms with Gasteiger partial charge in [-0.25, -0.2) is 0 Å². The summed E-state index contributed by atoms with van der Waals surface area (Å²) >= 11 is 0. The highest BCUT2D eigenvalue weighted by Crippen LogP contribution is 2.33. The van der Waals surface area contributed by atoms with Crippen LogP contribution in [0.3, 0.4) is 0 Å². The predicted molar refractivity (Wildman–Crippen MR) is 67.3 cm³/mol. The van der Waals surface area contributed by atoms with Crippen LogP contribution in [0.1, 0.15) is 0 Å². The Kier molecular flexibility index (Phi) is 2.45. The molecule has 6 heteroatoms. The smallest absolute Gasteiger partial charge is 0.153 e. The van der Waals surface area contributed by atoms with E-state index >= 15 is 0 Å². The third kappa shape index (κ3) is 1.69. The van der Waals surface area contributed by atoms with Gasteiger partial charge in [-0.2, -0.15) is 15.3 Å². The summed E-state index contributed by atoms with van der Waals surface area (Å²) in [5.41, 5.74) is 9.34. The summed E-state index contributed by atoms with van der Waals surface area (Å²) in [6.45, 7) is 0. The molecule has 0 saturated heterocycles. The number of rotatable bonds is 2. The van der Waals surface area contributed by atoms with Crippen LogP contribution in [-0.2, 0) is 0 Å². The van der Waals surface area contributed by atoms with Crippen LogP contribution in [0.15, 0.2) is 43.0 Å². The third-order valence-electron chi connectivity index (χ3n) is 2.62. The Morgan fingerprint density at radius 3 is 2.67 bits per heavy atom. The summed E-state index contributed by atoms with van der Waals surface area (Å²) in [4.78, 5) is 4.09. The van der Waals surface area contributed by atoms with Gasteiger partial charge in [0, 0.05) is 23.5 Å². The van der Waals surface area contributed by atoms with Gasteiger partial charge in [0.2, 0.25) is 0 Å². The molecule has 3 heterocycles. The Bertz CT molecular complexity index is 647. The molecular formula is C12H10N6. The van der Waals surface area contributed by atoms with E-state index in [-0.39, 0.29) is 0 Å². The number of nitrogens with two attached hydrogens (primary N) is 1. The maximum atomic E-state index is 5.90. The monoisotopic (exact) mass is 238 g/mol. The fraction of sp³-hybridized carbons (Fsp3) is 0. The van der Waals surface area contributed by atoms with E-state index in [1.165, 1.54) is 0 Å². The van der Waals surface area contributed by atoms with Crippen molar-refractivity contribution in [2.24, 2.45) is 0 Å². The van der Waals surface area contributed by atoms with Crippen molar-refractivity contribution in [2.45, 2.75) is 0 Å². The first-order valence-electron chi connectivity index (χ1n) is 5.37. The van der Waals surface area contributed by atoms with Crippen molar-refractivity contribution in [3.63, 3.8) is 0 Å². The minimum atomic E-state index is 0.440. The largest absolute Gasteiger partial charge is 0.382 e. The second-order valence-corrected chi connectivity index (χ2v) is 3.73. The first kappa shape index (κ1) is 10.4. The van der Waals surface area contributed by atoms with Gasteiger partial charge < -0.3 is 5.73 Å². The van der Waals surface area contributed by atoms with Crippen LogP contribution in [0.2, 0.25) is 0 Å². The number of hydrogen-bond donors (Lipinski definition) is 2. The van der Waals surface area contributed by atoms with E-state index in [0.717, 1.165) is 22.4 Å². The lowest BCUT2D eigenvalue weighted by Gasteiger charge is -2.03. The summed E-state index contributed by atoms with van der Waals surface area (Å²) in [6, 6.07) is 5.64. The molecule has 0 unspecified atom stereocenters. The van der Waals surface area contributed by atoms with Crippen LogP contribution in [0.25, 0.3) is 22.4 Å². The molecule has 0 spiro atoms. The average molecular weight is 238 g/mol. The number of aromatic amines is 1. The molecular weight excluding hydrogens is 228 g/mol. The Morgan fingerprint density at radius 2 is 1.94 bits per heavy atom. The Balaban J connectivity index is 2.19. The van der Waals surface area contributed by atoms with Crippen LogP contribution < -0.4 is 5.73 Å². The number of aromatic nitrogens is 5. The normalized spacial score (nSPS) is 10.4. The molecule has 0 bridgehead atoms. The molecule has 3 aromatic rings. The van der Waals surface area contributed by atoms with E-state index in [4.69, 9.17) is 5.73 Å². The van der Waals surface area contributed by atoms with Gasteiger partial charge >= 0.3 is 0 Å². The highest BCUT2D eigenvalue weighted by molar-refractivity contribution is 5.87. The quantitative estimate of drug-likeness (QED) is 0.705. The van der Waals surface area contributed by atoms with Crippen molar-refractivity contribution in [2.75, 3.05) is 5.73 Å². The lowest BCUT2D eigenvalue weighted by atomic mass is 10.0. The molecule has 3 aromatic heterocycles. The van der Waals surface area contributed by atoms with E-state index in [9.17, 15) is 0 Å². The number of nitrogen functional groups attached to an aromatic ring is 1. The zero-order valence-corrected chi connectivity index (χ0v) is 9.41. The molecule has 3 rings (SSSR count). The zero-order valence-electron chi connectivity index (χ0n) is 9.41. The standard InChI is InChI=1S/C12H10N6/c13-12-10(8-2-1-4-14-6-8)11(17-18-12)9-3-5-15-16-7-9/h1-7H,(H3,13,17,18). The molecule has 3 N–H and O–H groups in total. The van der Waals surface area contributed by atoms with Gasteiger partial charge in [-0.1, -0.05) is 6.07 Å². The number of nitrogens with one attached hydrogen (secondary N) is 1. The highest BCUT2D eigenvalue weighted by atomic mass is 15.2. The van der Waals surface area contributed by atoms with Gasteiger partial charge in [0.15, 0.2) is 5.82 Å². The third-order valence-corrected chi connectivity index (χ3v) is 2.62. The van der Waals surface area contributed by atoms with Crippen LogP contribution in [0, 0.1) is 0 Å². The van der Waals surface area contributed by atoms with Crippen LogP contribution in [0.4, 0.5) is 5.82 Å².